The number of ketones is 1. The maximum absolute atomic E-state index is 13.0. The molecule has 1 aromatic heterocycles. The lowest BCUT2D eigenvalue weighted by atomic mass is 10.1. The summed E-state index contributed by atoms with van der Waals surface area (Å²) in [6, 6.07) is 3.99. The maximum Gasteiger partial charge on any atom is 0.293 e. The zero-order chi connectivity index (χ0) is 11.9. The van der Waals surface area contributed by atoms with Crippen molar-refractivity contribution in [1.82, 2.24) is 4.57 Å². The van der Waals surface area contributed by atoms with Crippen molar-refractivity contribution in [2.75, 3.05) is 0 Å². The number of rotatable bonds is 2. The predicted octanol–water partition coefficient (Wildman–Crippen LogP) is 2.27. The molecule has 3 nitrogen and oxygen atoms in total. The van der Waals surface area contributed by atoms with Crippen LogP contribution >= 0.6 is 11.6 Å². The van der Waals surface area contributed by atoms with Crippen LogP contribution in [0.4, 0.5) is 4.39 Å². The molecule has 0 aliphatic carbocycles. The summed E-state index contributed by atoms with van der Waals surface area (Å²) in [5.41, 5.74) is 0.735. The lowest BCUT2D eigenvalue weighted by molar-refractivity contribution is -0.108. The highest BCUT2D eigenvalue weighted by atomic mass is 35.5. The zero-order valence-corrected chi connectivity index (χ0v) is 9.08. The highest BCUT2D eigenvalue weighted by molar-refractivity contribution is 6.83. The van der Waals surface area contributed by atoms with Gasteiger partial charge >= 0.3 is 0 Å². The third-order valence-electron chi connectivity index (χ3n) is 2.38. The van der Waals surface area contributed by atoms with E-state index in [1.54, 1.807) is 11.6 Å². The minimum atomic E-state index is -1.04. The number of hydrogen-bond donors (Lipinski definition) is 0. The summed E-state index contributed by atoms with van der Waals surface area (Å²) in [5.74, 6) is -1.18. The first-order chi connectivity index (χ1) is 7.50. The van der Waals surface area contributed by atoms with Crippen LogP contribution in [0.3, 0.4) is 0 Å². The minimum Gasteiger partial charge on any atom is -0.350 e. The molecule has 2 aromatic rings. The summed E-state index contributed by atoms with van der Waals surface area (Å²) in [4.78, 5) is 22.3. The van der Waals surface area contributed by atoms with Crippen LogP contribution in [0.2, 0.25) is 0 Å². The summed E-state index contributed by atoms with van der Waals surface area (Å²) < 4.78 is 14.6. The summed E-state index contributed by atoms with van der Waals surface area (Å²) in [6.07, 6.45) is 1.46. The summed E-state index contributed by atoms with van der Waals surface area (Å²) >= 11 is 5.13. The number of benzene rings is 1. The smallest absolute Gasteiger partial charge is 0.293 e. The summed E-state index contributed by atoms with van der Waals surface area (Å²) in [6.45, 7) is 0. The Hall–Kier alpha value is -1.68. The first kappa shape index (κ1) is 10.8. The zero-order valence-electron chi connectivity index (χ0n) is 8.33. The normalized spacial score (nSPS) is 10.7. The van der Waals surface area contributed by atoms with Crippen molar-refractivity contribution >= 4 is 33.5 Å². The molecule has 5 heteroatoms. The third-order valence-corrected chi connectivity index (χ3v) is 2.55. The molecule has 0 amide bonds. The van der Waals surface area contributed by atoms with Crippen molar-refractivity contribution < 1.29 is 14.0 Å². The van der Waals surface area contributed by atoms with Crippen LogP contribution in [-0.4, -0.2) is 15.6 Å². The van der Waals surface area contributed by atoms with Gasteiger partial charge in [0.2, 0.25) is 5.78 Å². The average molecular weight is 240 g/mol. The molecular formula is C11H7ClFNO2. The van der Waals surface area contributed by atoms with E-state index in [2.05, 4.69) is 0 Å². The molecule has 0 fully saturated rings. The highest BCUT2D eigenvalue weighted by Crippen LogP contribution is 2.22. The molecule has 1 aromatic carbocycles. The minimum absolute atomic E-state index is 0.192. The Bertz CT molecular complexity index is 603. The van der Waals surface area contributed by atoms with Gasteiger partial charge in [0.1, 0.15) is 5.82 Å². The Morgan fingerprint density at radius 1 is 1.38 bits per heavy atom. The lowest BCUT2D eigenvalue weighted by Gasteiger charge is -1.95. The van der Waals surface area contributed by atoms with Crippen molar-refractivity contribution in [2.24, 2.45) is 7.05 Å². The van der Waals surface area contributed by atoms with Gasteiger partial charge in [-0.05, 0) is 29.8 Å². The van der Waals surface area contributed by atoms with E-state index in [9.17, 15) is 14.0 Å². The van der Waals surface area contributed by atoms with Crippen molar-refractivity contribution in [1.29, 1.82) is 0 Å². The van der Waals surface area contributed by atoms with Gasteiger partial charge < -0.3 is 4.57 Å². The molecule has 0 aliphatic heterocycles. The first-order valence-electron chi connectivity index (χ1n) is 4.49. The molecule has 0 unspecified atom stereocenters. The number of carbonyl (C=O) groups excluding carboxylic acids is 2. The largest absolute Gasteiger partial charge is 0.350 e. The van der Waals surface area contributed by atoms with Gasteiger partial charge in [-0.3, -0.25) is 9.59 Å². The van der Waals surface area contributed by atoms with E-state index in [-0.39, 0.29) is 5.56 Å². The average Bonchev–Trinajstić information content (AvgIpc) is 2.55. The standard InChI is InChI=1S/C11H7ClFNO2/c1-14-5-8(10(15)11(12)16)7-3-2-6(13)4-9(7)14/h2-5H,1H3. The van der Waals surface area contributed by atoms with E-state index >= 15 is 0 Å². The van der Waals surface area contributed by atoms with Crippen LogP contribution in [0.1, 0.15) is 10.4 Å². The fourth-order valence-corrected chi connectivity index (χ4v) is 1.75. The van der Waals surface area contributed by atoms with Gasteiger partial charge in [-0.15, -0.1) is 0 Å². The Morgan fingerprint density at radius 3 is 2.69 bits per heavy atom. The van der Waals surface area contributed by atoms with E-state index in [0.29, 0.717) is 10.9 Å². The summed E-state index contributed by atoms with van der Waals surface area (Å²) in [5, 5.41) is -0.528. The molecule has 0 radical (unpaired) electrons. The van der Waals surface area contributed by atoms with Crippen LogP contribution in [0.25, 0.3) is 10.9 Å². The van der Waals surface area contributed by atoms with Crippen LogP contribution < -0.4 is 0 Å². The lowest BCUT2D eigenvalue weighted by Crippen LogP contribution is -2.06. The molecule has 0 saturated carbocycles. The van der Waals surface area contributed by atoms with Gasteiger partial charge in [0.15, 0.2) is 0 Å². The van der Waals surface area contributed by atoms with Crippen LogP contribution in [0, 0.1) is 5.82 Å². The summed E-state index contributed by atoms with van der Waals surface area (Å²) in [7, 11) is 1.66. The van der Waals surface area contributed by atoms with Gasteiger partial charge in [-0.25, -0.2) is 4.39 Å². The predicted molar refractivity (Wildman–Crippen MR) is 58.1 cm³/mol. The molecular weight excluding hydrogens is 233 g/mol. The molecule has 0 N–H and O–H groups in total. The molecule has 16 heavy (non-hydrogen) atoms. The molecule has 82 valence electrons. The monoisotopic (exact) mass is 239 g/mol. The van der Waals surface area contributed by atoms with E-state index in [4.69, 9.17) is 11.6 Å². The van der Waals surface area contributed by atoms with Gasteiger partial charge in [-0.1, -0.05) is 0 Å². The number of fused-ring (bicyclic) bond motifs is 1. The Kier molecular flexibility index (Phi) is 2.52. The van der Waals surface area contributed by atoms with Crippen molar-refractivity contribution in [2.45, 2.75) is 0 Å². The second-order valence-electron chi connectivity index (χ2n) is 3.42. The Labute approximate surface area is 95.4 Å². The van der Waals surface area contributed by atoms with E-state index in [0.717, 1.165) is 0 Å². The van der Waals surface area contributed by atoms with Gasteiger partial charge in [0, 0.05) is 18.6 Å². The molecule has 2 rings (SSSR count). The molecule has 0 aliphatic rings. The fraction of sp³-hybridized carbons (Fsp3) is 0.0909. The third kappa shape index (κ3) is 1.61. The molecule has 0 atom stereocenters. The molecule has 0 spiro atoms. The SMILES string of the molecule is Cn1cc(C(=O)C(=O)Cl)c2ccc(F)cc21. The van der Waals surface area contributed by atoms with Gasteiger partial charge in [-0.2, -0.15) is 0 Å². The second-order valence-corrected chi connectivity index (χ2v) is 3.76. The van der Waals surface area contributed by atoms with E-state index in [1.807, 2.05) is 0 Å². The molecule has 0 saturated heterocycles. The number of carbonyl (C=O) groups is 2. The van der Waals surface area contributed by atoms with Gasteiger partial charge in [0.05, 0.1) is 11.1 Å². The number of nitrogens with zero attached hydrogens (tertiary/aromatic N) is 1. The quantitative estimate of drug-likeness (QED) is 0.458. The topological polar surface area (TPSA) is 39.1 Å². The second kappa shape index (κ2) is 3.72. The number of aromatic nitrogens is 1. The molecule has 1 heterocycles. The van der Waals surface area contributed by atoms with Crippen LogP contribution in [-0.2, 0) is 11.8 Å². The fourth-order valence-electron chi connectivity index (χ4n) is 1.64. The van der Waals surface area contributed by atoms with Crippen LogP contribution in [0.15, 0.2) is 24.4 Å². The number of aryl methyl sites for hydroxylation is 1. The van der Waals surface area contributed by atoms with Crippen molar-refractivity contribution in [3.05, 3.63) is 35.8 Å². The van der Waals surface area contributed by atoms with E-state index < -0.39 is 16.8 Å². The van der Waals surface area contributed by atoms with Gasteiger partial charge in [0.25, 0.3) is 5.24 Å². The Morgan fingerprint density at radius 2 is 2.06 bits per heavy atom. The first-order valence-corrected chi connectivity index (χ1v) is 4.87. The highest BCUT2D eigenvalue weighted by Gasteiger charge is 2.19. The number of halogens is 2. The maximum atomic E-state index is 13.0. The van der Waals surface area contributed by atoms with Crippen molar-refractivity contribution in [3.63, 3.8) is 0 Å². The van der Waals surface area contributed by atoms with E-state index in [1.165, 1.54) is 24.4 Å². The number of Topliss-reactive ketones (excluding diaryl/α,β-unsaturated/α-hetero) is 1. The van der Waals surface area contributed by atoms with Crippen LogP contribution in [0.5, 0.6) is 0 Å². The Balaban J connectivity index is 2.73. The number of hydrogen-bond acceptors (Lipinski definition) is 2. The van der Waals surface area contributed by atoms with Crippen molar-refractivity contribution in [3.8, 4) is 0 Å². The molecule has 0 bridgehead atoms.